The number of hydrogen-bond acceptors (Lipinski definition) is 7. The fourth-order valence-corrected chi connectivity index (χ4v) is 4.86. The highest BCUT2D eigenvalue weighted by Crippen LogP contribution is 2.24. The summed E-state index contributed by atoms with van der Waals surface area (Å²) in [5.41, 5.74) is 3.96. The molecule has 0 heterocycles. The molecular weight excluding hydrogens is 486 g/mol. The quantitative estimate of drug-likeness (QED) is 0.265. The number of rotatable bonds is 11. The zero-order valence-electron chi connectivity index (χ0n) is 19.5. The van der Waals surface area contributed by atoms with E-state index in [1.807, 2.05) is 48.5 Å². The Morgan fingerprint density at radius 3 is 2.08 bits per heavy atom. The first-order valence-electron chi connectivity index (χ1n) is 11.0. The second kappa shape index (κ2) is 12.8. The van der Waals surface area contributed by atoms with E-state index in [1.165, 1.54) is 17.6 Å². The minimum Gasteiger partial charge on any atom is -0.445 e. The zero-order valence-corrected chi connectivity index (χ0v) is 20.4. The number of hydroxylamine groups is 2. The Bertz CT molecular complexity index is 1240. The lowest BCUT2D eigenvalue weighted by atomic mass is 10.1. The van der Waals surface area contributed by atoms with Gasteiger partial charge in [0.15, 0.2) is 0 Å². The fourth-order valence-electron chi connectivity index (χ4n) is 3.44. The van der Waals surface area contributed by atoms with Crippen LogP contribution >= 0.6 is 0 Å². The van der Waals surface area contributed by atoms with Crippen molar-refractivity contribution >= 4 is 22.0 Å². The zero-order chi connectivity index (χ0) is 26.0. The summed E-state index contributed by atoms with van der Waals surface area (Å²) in [5.74, 6) is -1.03. The van der Waals surface area contributed by atoms with E-state index in [9.17, 15) is 23.2 Å². The standard InChI is InChI=1S/C25H27N3O7S/c1-34-28(36(32,33)22-14-12-21(13-15-22)20-10-6-3-7-11-20)23(24(29)27-31)16-17-26-25(30)35-18-19-8-4-2-5-9-19/h2-15,23,31H,16-18H2,1H3,(H,26,30)(H,27,29)/t23-/m1/s1. The van der Waals surface area contributed by atoms with E-state index in [2.05, 4.69) is 5.32 Å². The van der Waals surface area contributed by atoms with Crippen LogP contribution in [0.1, 0.15) is 12.0 Å². The summed E-state index contributed by atoms with van der Waals surface area (Å²) in [4.78, 5) is 29.3. The van der Waals surface area contributed by atoms with E-state index in [-0.39, 0.29) is 24.5 Å². The Labute approximate surface area is 209 Å². The minimum absolute atomic E-state index is 0.0464. The van der Waals surface area contributed by atoms with Gasteiger partial charge in [0, 0.05) is 6.54 Å². The Hall–Kier alpha value is -3.77. The van der Waals surface area contributed by atoms with E-state index >= 15 is 0 Å². The van der Waals surface area contributed by atoms with Gasteiger partial charge in [0.2, 0.25) is 0 Å². The first-order valence-corrected chi connectivity index (χ1v) is 12.4. The molecule has 1 atom stereocenters. The normalized spacial score (nSPS) is 12.1. The van der Waals surface area contributed by atoms with E-state index < -0.39 is 28.1 Å². The molecule has 0 aliphatic carbocycles. The predicted octanol–water partition coefficient (Wildman–Crippen LogP) is 3.10. The highest BCUT2D eigenvalue weighted by molar-refractivity contribution is 7.89. The average molecular weight is 514 g/mol. The van der Waals surface area contributed by atoms with Crippen molar-refractivity contribution in [2.45, 2.75) is 24.0 Å². The maximum Gasteiger partial charge on any atom is 0.407 e. The second-order valence-corrected chi connectivity index (χ2v) is 9.38. The SMILES string of the molecule is CON([C@H](CCNC(=O)OCc1ccccc1)C(=O)NO)S(=O)(=O)c1ccc(-c2ccccc2)cc1. The Morgan fingerprint density at radius 2 is 1.50 bits per heavy atom. The molecule has 0 saturated carbocycles. The molecule has 0 fully saturated rings. The molecular formula is C25H27N3O7S. The first kappa shape index (κ1) is 26.8. The minimum atomic E-state index is -4.31. The van der Waals surface area contributed by atoms with Crippen LogP contribution in [-0.4, -0.2) is 49.8 Å². The fraction of sp³-hybridized carbons (Fsp3) is 0.200. The predicted molar refractivity (Wildman–Crippen MR) is 131 cm³/mol. The van der Waals surface area contributed by atoms with Crippen LogP contribution in [0.25, 0.3) is 11.1 Å². The molecule has 0 saturated heterocycles. The number of benzene rings is 3. The highest BCUT2D eigenvalue weighted by Gasteiger charge is 2.36. The number of amides is 2. The average Bonchev–Trinajstić information content (AvgIpc) is 2.92. The van der Waals surface area contributed by atoms with Gasteiger partial charge in [-0.1, -0.05) is 77.3 Å². The van der Waals surface area contributed by atoms with Crippen LogP contribution in [0, 0.1) is 0 Å². The number of sulfonamides is 1. The van der Waals surface area contributed by atoms with Crippen LogP contribution < -0.4 is 10.8 Å². The number of carbonyl (C=O) groups is 2. The van der Waals surface area contributed by atoms with Crippen molar-refractivity contribution in [2.75, 3.05) is 13.7 Å². The molecule has 36 heavy (non-hydrogen) atoms. The number of ether oxygens (including phenoxy) is 1. The van der Waals surface area contributed by atoms with Crippen molar-refractivity contribution in [2.24, 2.45) is 0 Å². The Balaban J connectivity index is 1.67. The smallest absolute Gasteiger partial charge is 0.407 e. The number of nitrogens with zero attached hydrogens (tertiary/aromatic N) is 1. The van der Waals surface area contributed by atoms with Crippen molar-refractivity contribution in [1.82, 2.24) is 15.3 Å². The molecule has 11 heteroatoms. The molecule has 3 N–H and O–H groups in total. The van der Waals surface area contributed by atoms with Gasteiger partial charge in [0.1, 0.15) is 12.6 Å². The van der Waals surface area contributed by atoms with Crippen molar-refractivity contribution in [3.05, 3.63) is 90.5 Å². The molecule has 0 aliphatic heterocycles. The van der Waals surface area contributed by atoms with Crippen LogP contribution in [0.3, 0.4) is 0 Å². The van der Waals surface area contributed by atoms with Gasteiger partial charge in [-0.25, -0.2) is 18.7 Å². The van der Waals surface area contributed by atoms with Gasteiger partial charge in [-0.05, 0) is 35.2 Å². The third-order valence-electron chi connectivity index (χ3n) is 5.24. The van der Waals surface area contributed by atoms with E-state index in [1.54, 1.807) is 24.3 Å². The third-order valence-corrected chi connectivity index (χ3v) is 6.99. The number of hydrogen-bond donors (Lipinski definition) is 3. The first-order chi connectivity index (χ1) is 17.4. The van der Waals surface area contributed by atoms with Crippen LogP contribution in [0.15, 0.2) is 89.8 Å². The molecule has 0 radical (unpaired) electrons. The summed E-state index contributed by atoms with van der Waals surface area (Å²) in [6.45, 7) is -0.0845. The third kappa shape index (κ3) is 6.89. The van der Waals surface area contributed by atoms with Gasteiger partial charge >= 0.3 is 6.09 Å². The van der Waals surface area contributed by atoms with Crippen LogP contribution in [0.5, 0.6) is 0 Å². The second-order valence-electron chi connectivity index (χ2n) is 7.60. The van der Waals surface area contributed by atoms with Gasteiger partial charge in [0.25, 0.3) is 15.9 Å². The van der Waals surface area contributed by atoms with Gasteiger partial charge < -0.3 is 10.1 Å². The van der Waals surface area contributed by atoms with Gasteiger partial charge in [-0.2, -0.15) is 0 Å². The molecule has 0 aromatic heterocycles. The van der Waals surface area contributed by atoms with Gasteiger partial charge in [-0.15, -0.1) is 0 Å². The molecule has 0 aliphatic rings. The molecule has 3 rings (SSSR count). The molecule has 0 spiro atoms. The summed E-state index contributed by atoms with van der Waals surface area (Å²) < 4.78 is 32.1. The van der Waals surface area contributed by atoms with Crippen LogP contribution in [0.2, 0.25) is 0 Å². The molecule has 0 bridgehead atoms. The Kier molecular flexibility index (Phi) is 9.53. The number of nitrogens with one attached hydrogen (secondary N) is 2. The maximum atomic E-state index is 13.3. The van der Waals surface area contributed by atoms with Gasteiger partial charge in [0.05, 0.1) is 12.0 Å². The molecule has 3 aromatic rings. The lowest BCUT2D eigenvalue weighted by molar-refractivity contribution is -0.148. The van der Waals surface area contributed by atoms with Crippen molar-refractivity contribution < 1.29 is 32.8 Å². The molecule has 10 nitrogen and oxygen atoms in total. The van der Waals surface area contributed by atoms with E-state index in [0.717, 1.165) is 23.8 Å². The summed E-state index contributed by atoms with van der Waals surface area (Å²) in [6.07, 6.45) is -0.951. The van der Waals surface area contributed by atoms with E-state index in [0.29, 0.717) is 4.47 Å². The van der Waals surface area contributed by atoms with Crippen molar-refractivity contribution in [3.63, 3.8) is 0 Å². The Morgan fingerprint density at radius 1 is 0.917 bits per heavy atom. The van der Waals surface area contributed by atoms with Crippen molar-refractivity contribution in [1.29, 1.82) is 0 Å². The molecule has 3 aromatic carbocycles. The largest absolute Gasteiger partial charge is 0.445 e. The lowest BCUT2D eigenvalue weighted by Crippen LogP contribution is -2.49. The molecule has 190 valence electrons. The van der Waals surface area contributed by atoms with Crippen LogP contribution in [0.4, 0.5) is 4.79 Å². The van der Waals surface area contributed by atoms with Crippen molar-refractivity contribution in [3.8, 4) is 11.1 Å². The highest BCUT2D eigenvalue weighted by atomic mass is 32.2. The maximum absolute atomic E-state index is 13.3. The number of alkyl carbamates (subject to hydrolysis) is 1. The lowest BCUT2D eigenvalue weighted by Gasteiger charge is -2.27. The summed E-state index contributed by atoms with van der Waals surface area (Å²) in [5, 5.41) is 11.6. The number of carbonyl (C=O) groups excluding carboxylic acids is 2. The van der Waals surface area contributed by atoms with E-state index in [4.69, 9.17) is 9.57 Å². The molecule has 2 amide bonds. The monoisotopic (exact) mass is 513 g/mol. The van der Waals surface area contributed by atoms with Gasteiger partial charge in [-0.3, -0.25) is 14.8 Å². The summed E-state index contributed by atoms with van der Waals surface area (Å²) >= 11 is 0. The van der Waals surface area contributed by atoms with Crippen LogP contribution in [-0.2, 0) is 31.0 Å². The summed E-state index contributed by atoms with van der Waals surface area (Å²) in [7, 11) is -3.21. The molecule has 0 unspecified atom stereocenters. The summed E-state index contributed by atoms with van der Waals surface area (Å²) in [6, 6.07) is 23.1. The topological polar surface area (TPSA) is 134 Å².